The van der Waals surface area contributed by atoms with Crippen LogP contribution in [-0.2, 0) is 20.7 Å². The third-order valence-electron chi connectivity index (χ3n) is 4.53. The van der Waals surface area contributed by atoms with Gasteiger partial charge >= 0.3 is 5.97 Å². The highest BCUT2D eigenvalue weighted by Crippen LogP contribution is 2.30. The molecule has 1 unspecified atom stereocenters. The molecule has 0 aliphatic carbocycles. The number of amides is 1. The lowest BCUT2D eigenvalue weighted by Gasteiger charge is -2.24. The first-order valence-electron chi connectivity index (χ1n) is 8.81. The molecule has 3 aromatic rings. The average Bonchev–Trinajstić information content (AvgIpc) is 2.71. The number of halogens is 1. The van der Waals surface area contributed by atoms with Crippen molar-refractivity contribution in [3.8, 4) is 5.75 Å². The molecule has 1 atom stereocenters. The summed E-state index contributed by atoms with van der Waals surface area (Å²) in [4.78, 5) is 28.8. The van der Waals surface area contributed by atoms with Crippen molar-refractivity contribution >= 4 is 40.1 Å². The van der Waals surface area contributed by atoms with Crippen LogP contribution < -0.4 is 10.1 Å². The average molecular weight is 397 g/mol. The van der Waals surface area contributed by atoms with Crippen LogP contribution >= 0.6 is 11.6 Å². The van der Waals surface area contributed by atoms with Gasteiger partial charge in [0.15, 0.2) is 6.61 Å². The number of rotatable bonds is 4. The van der Waals surface area contributed by atoms with Crippen molar-refractivity contribution < 1.29 is 19.1 Å². The Morgan fingerprint density at radius 1 is 1.21 bits per heavy atom. The summed E-state index contributed by atoms with van der Waals surface area (Å²) in [6.07, 6.45) is 2.15. The normalized spacial score (nSPS) is 15.4. The van der Waals surface area contributed by atoms with Gasteiger partial charge in [-0.3, -0.25) is 14.6 Å². The van der Waals surface area contributed by atoms with Crippen molar-refractivity contribution in [3.05, 3.63) is 65.3 Å². The maximum atomic E-state index is 12.3. The summed E-state index contributed by atoms with van der Waals surface area (Å²) in [5, 5.41) is 4.16. The minimum atomic E-state index is -0.472. The first-order valence-corrected chi connectivity index (χ1v) is 9.19. The van der Waals surface area contributed by atoms with Gasteiger partial charge in [0, 0.05) is 16.6 Å². The first-order chi connectivity index (χ1) is 13.6. The predicted molar refractivity (Wildman–Crippen MR) is 105 cm³/mol. The van der Waals surface area contributed by atoms with Gasteiger partial charge < -0.3 is 14.8 Å². The Balaban J connectivity index is 1.35. The molecule has 2 heterocycles. The number of carbonyl (C=O) groups excluding carboxylic acids is 2. The molecule has 1 N–H and O–H groups in total. The molecule has 2 aromatic carbocycles. The number of benzene rings is 2. The predicted octanol–water partition coefficient (Wildman–Crippen LogP) is 3.62. The molecule has 1 aromatic heterocycles. The van der Waals surface area contributed by atoms with Crippen LogP contribution in [0.3, 0.4) is 0 Å². The molecule has 142 valence electrons. The van der Waals surface area contributed by atoms with Gasteiger partial charge in [0.2, 0.25) is 0 Å². The van der Waals surface area contributed by atoms with E-state index in [1.165, 1.54) is 0 Å². The molecule has 1 amide bonds. The lowest BCUT2D eigenvalue weighted by Crippen LogP contribution is -2.32. The standard InChI is InChI=1S/C21H17ClN2O4/c22-15-6-7-19-13(10-15)9-14(11-27-19)21(26)28-12-20(25)24-18-5-1-4-17-16(18)3-2-8-23-17/h1-8,10,14H,9,11-12H2,(H,24,25). The molecule has 0 spiro atoms. The zero-order chi connectivity index (χ0) is 19.5. The van der Waals surface area contributed by atoms with Crippen LogP contribution in [0, 0.1) is 5.92 Å². The third-order valence-corrected chi connectivity index (χ3v) is 4.76. The number of nitrogens with one attached hydrogen (secondary N) is 1. The van der Waals surface area contributed by atoms with Crippen molar-refractivity contribution in [1.29, 1.82) is 0 Å². The van der Waals surface area contributed by atoms with Crippen LogP contribution in [0.5, 0.6) is 5.75 Å². The minimum absolute atomic E-state index is 0.212. The van der Waals surface area contributed by atoms with Gasteiger partial charge in [0.05, 0.1) is 17.1 Å². The van der Waals surface area contributed by atoms with Crippen LogP contribution in [0.1, 0.15) is 5.56 Å². The van der Waals surface area contributed by atoms with Gasteiger partial charge in [-0.25, -0.2) is 0 Å². The maximum absolute atomic E-state index is 12.3. The fourth-order valence-electron chi connectivity index (χ4n) is 3.17. The monoisotopic (exact) mass is 396 g/mol. The summed E-state index contributed by atoms with van der Waals surface area (Å²) in [6.45, 7) is -0.154. The van der Waals surface area contributed by atoms with E-state index in [1.807, 2.05) is 12.1 Å². The van der Waals surface area contributed by atoms with E-state index in [9.17, 15) is 9.59 Å². The van der Waals surface area contributed by atoms with Crippen LogP contribution in [0.15, 0.2) is 54.7 Å². The van der Waals surface area contributed by atoms with E-state index in [0.717, 1.165) is 22.2 Å². The lowest BCUT2D eigenvalue weighted by atomic mass is 9.97. The second kappa shape index (κ2) is 7.86. The summed E-state index contributed by atoms with van der Waals surface area (Å²) < 4.78 is 10.8. The molecule has 0 saturated heterocycles. The largest absolute Gasteiger partial charge is 0.492 e. The molecule has 7 heteroatoms. The van der Waals surface area contributed by atoms with Gasteiger partial charge in [-0.15, -0.1) is 0 Å². The SMILES string of the molecule is O=C(COC(=O)C1COc2ccc(Cl)cc2C1)Nc1cccc2ncccc12. The second-order valence-corrected chi connectivity index (χ2v) is 6.93. The highest BCUT2D eigenvalue weighted by atomic mass is 35.5. The Kier molecular flexibility index (Phi) is 5.12. The van der Waals surface area contributed by atoms with E-state index >= 15 is 0 Å². The fraction of sp³-hybridized carbons (Fsp3) is 0.190. The van der Waals surface area contributed by atoms with Gasteiger partial charge in [-0.1, -0.05) is 17.7 Å². The molecule has 1 aliphatic heterocycles. The smallest absolute Gasteiger partial charge is 0.313 e. The molecule has 0 radical (unpaired) electrons. The van der Waals surface area contributed by atoms with Crippen LogP contribution in [0.25, 0.3) is 10.9 Å². The van der Waals surface area contributed by atoms with Crippen molar-refractivity contribution in [1.82, 2.24) is 4.98 Å². The number of aromatic nitrogens is 1. The molecular weight excluding hydrogens is 380 g/mol. The number of hydrogen-bond donors (Lipinski definition) is 1. The Labute approximate surface area is 166 Å². The fourth-order valence-corrected chi connectivity index (χ4v) is 3.36. The molecule has 0 fully saturated rings. The molecule has 1 aliphatic rings. The number of carbonyl (C=O) groups is 2. The Morgan fingerprint density at radius 2 is 2.11 bits per heavy atom. The van der Waals surface area contributed by atoms with Crippen molar-refractivity contribution in [2.75, 3.05) is 18.5 Å². The maximum Gasteiger partial charge on any atom is 0.313 e. The number of pyridine rings is 1. The van der Waals surface area contributed by atoms with E-state index in [1.54, 1.807) is 42.6 Å². The number of hydrogen-bond acceptors (Lipinski definition) is 5. The number of esters is 1. The summed E-state index contributed by atoms with van der Waals surface area (Å²) in [6, 6.07) is 14.4. The molecule has 0 saturated carbocycles. The highest BCUT2D eigenvalue weighted by Gasteiger charge is 2.28. The molecule has 0 bridgehead atoms. The van der Waals surface area contributed by atoms with Gasteiger partial charge in [0.1, 0.15) is 12.4 Å². The van der Waals surface area contributed by atoms with Crippen molar-refractivity contribution in [3.63, 3.8) is 0 Å². The molecular formula is C21H17ClN2O4. The minimum Gasteiger partial charge on any atom is -0.492 e. The second-order valence-electron chi connectivity index (χ2n) is 6.50. The Morgan fingerprint density at radius 3 is 3.00 bits per heavy atom. The highest BCUT2D eigenvalue weighted by molar-refractivity contribution is 6.30. The first kappa shape index (κ1) is 18.3. The van der Waals surface area contributed by atoms with E-state index in [2.05, 4.69) is 10.3 Å². The number of fused-ring (bicyclic) bond motifs is 2. The van der Waals surface area contributed by atoms with E-state index < -0.39 is 17.8 Å². The quantitative estimate of drug-likeness (QED) is 0.681. The third kappa shape index (κ3) is 3.92. The zero-order valence-corrected chi connectivity index (χ0v) is 15.6. The summed E-state index contributed by atoms with van der Waals surface area (Å²) >= 11 is 6.00. The van der Waals surface area contributed by atoms with Crippen LogP contribution in [0.2, 0.25) is 5.02 Å². The summed E-state index contributed by atoms with van der Waals surface area (Å²) in [7, 11) is 0. The van der Waals surface area contributed by atoms with Gasteiger partial charge in [-0.2, -0.15) is 0 Å². The molecule has 28 heavy (non-hydrogen) atoms. The van der Waals surface area contributed by atoms with Gasteiger partial charge in [0.25, 0.3) is 5.91 Å². The van der Waals surface area contributed by atoms with E-state index in [-0.39, 0.29) is 13.2 Å². The van der Waals surface area contributed by atoms with E-state index in [4.69, 9.17) is 21.1 Å². The van der Waals surface area contributed by atoms with Crippen LogP contribution in [0.4, 0.5) is 5.69 Å². The van der Waals surface area contributed by atoms with Gasteiger partial charge in [-0.05, 0) is 54.4 Å². The van der Waals surface area contributed by atoms with Crippen molar-refractivity contribution in [2.24, 2.45) is 5.92 Å². The summed E-state index contributed by atoms with van der Waals surface area (Å²) in [5.74, 6) is -0.637. The molecule has 6 nitrogen and oxygen atoms in total. The molecule has 4 rings (SSSR count). The van der Waals surface area contributed by atoms with Crippen LogP contribution in [-0.4, -0.2) is 30.1 Å². The Hall–Kier alpha value is -3.12. The Bertz CT molecular complexity index is 1050. The number of nitrogens with zero attached hydrogens (tertiary/aromatic N) is 1. The number of ether oxygens (including phenoxy) is 2. The van der Waals surface area contributed by atoms with E-state index in [0.29, 0.717) is 17.1 Å². The lowest BCUT2D eigenvalue weighted by molar-refractivity contribution is -0.152. The zero-order valence-electron chi connectivity index (χ0n) is 14.9. The topological polar surface area (TPSA) is 77.5 Å². The summed E-state index contributed by atoms with van der Waals surface area (Å²) in [5.41, 5.74) is 2.25. The van der Waals surface area contributed by atoms with Crippen molar-refractivity contribution in [2.45, 2.75) is 6.42 Å². The number of anilines is 1.